The maximum absolute atomic E-state index is 14.8. The summed E-state index contributed by atoms with van der Waals surface area (Å²) in [5, 5.41) is 20.9. The molecule has 0 fully saturated rings. The summed E-state index contributed by atoms with van der Waals surface area (Å²) in [4.78, 5) is 25.0. The average Bonchev–Trinajstić information content (AvgIpc) is 2.74. The van der Waals surface area contributed by atoms with E-state index >= 15 is 0 Å². The Bertz CT molecular complexity index is 1210. The van der Waals surface area contributed by atoms with Gasteiger partial charge in [0, 0.05) is 34.3 Å². The van der Waals surface area contributed by atoms with E-state index in [0.717, 1.165) is 0 Å². The second-order valence-electron chi connectivity index (χ2n) is 7.26. The lowest BCUT2D eigenvalue weighted by molar-refractivity contribution is -0.384. The van der Waals surface area contributed by atoms with Crippen LogP contribution >= 0.6 is 15.9 Å². The molecular formula is C22H16BrFN4O3. The summed E-state index contributed by atoms with van der Waals surface area (Å²) in [6, 6.07) is 12.3. The molecule has 1 heterocycles. The van der Waals surface area contributed by atoms with Crippen molar-refractivity contribution in [1.29, 1.82) is 5.26 Å². The molecule has 1 atom stereocenters. The van der Waals surface area contributed by atoms with Crippen LogP contribution in [0.1, 0.15) is 30.7 Å². The van der Waals surface area contributed by atoms with Crippen molar-refractivity contribution in [2.24, 2.45) is 5.73 Å². The molecule has 156 valence electrons. The molecule has 2 aromatic carbocycles. The summed E-state index contributed by atoms with van der Waals surface area (Å²) in [6.07, 6.45) is 1.37. The number of nitro groups is 1. The highest BCUT2D eigenvalue weighted by Gasteiger charge is 2.40. The molecule has 2 N–H and O–H groups in total. The number of nitro benzene ring substituents is 1. The summed E-state index contributed by atoms with van der Waals surface area (Å²) in [6.45, 7) is 0. The Morgan fingerprint density at radius 1 is 1.23 bits per heavy atom. The van der Waals surface area contributed by atoms with Crippen molar-refractivity contribution in [2.75, 3.05) is 4.90 Å². The fraction of sp³-hybridized carbons (Fsp3) is 0.182. The predicted octanol–water partition coefficient (Wildman–Crippen LogP) is 4.80. The van der Waals surface area contributed by atoms with Crippen LogP contribution in [0.3, 0.4) is 0 Å². The summed E-state index contributed by atoms with van der Waals surface area (Å²) >= 11 is 3.23. The average molecular weight is 483 g/mol. The largest absolute Gasteiger partial charge is 0.384 e. The van der Waals surface area contributed by atoms with E-state index in [1.54, 1.807) is 6.07 Å². The molecule has 1 unspecified atom stereocenters. The Kier molecular flexibility index (Phi) is 5.33. The van der Waals surface area contributed by atoms with Gasteiger partial charge in [0.25, 0.3) is 5.69 Å². The van der Waals surface area contributed by atoms with Crippen molar-refractivity contribution in [2.45, 2.75) is 25.2 Å². The lowest BCUT2D eigenvalue weighted by Gasteiger charge is -2.39. The van der Waals surface area contributed by atoms with Crippen molar-refractivity contribution in [1.82, 2.24) is 0 Å². The van der Waals surface area contributed by atoms with Crippen molar-refractivity contribution in [3.8, 4) is 6.07 Å². The second-order valence-corrected chi connectivity index (χ2v) is 8.18. The molecule has 2 aromatic rings. The van der Waals surface area contributed by atoms with Gasteiger partial charge >= 0.3 is 0 Å². The molecule has 0 saturated heterocycles. The predicted molar refractivity (Wildman–Crippen MR) is 115 cm³/mol. The van der Waals surface area contributed by atoms with E-state index in [1.165, 1.54) is 41.3 Å². The van der Waals surface area contributed by atoms with Crippen LogP contribution in [0.15, 0.2) is 69.6 Å². The number of Topliss-reactive ketones (excluding diaryl/α,β-unsaturated/α-hetero) is 1. The van der Waals surface area contributed by atoms with E-state index in [1.807, 2.05) is 0 Å². The van der Waals surface area contributed by atoms with Crippen molar-refractivity contribution >= 4 is 33.1 Å². The summed E-state index contributed by atoms with van der Waals surface area (Å²) < 4.78 is 15.4. The normalized spacial score (nSPS) is 18.7. The van der Waals surface area contributed by atoms with Crippen LogP contribution in [0.25, 0.3) is 0 Å². The minimum atomic E-state index is -0.761. The van der Waals surface area contributed by atoms with E-state index < -0.39 is 16.7 Å². The zero-order valence-corrected chi connectivity index (χ0v) is 17.7. The number of non-ortho nitro benzene ring substituents is 1. The van der Waals surface area contributed by atoms with Gasteiger partial charge in [0.15, 0.2) is 5.78 Å². The number of rotatable bonds is 3. The van der Waals surface area contributed by atoms with Gasteiger partial charge < -0.3 is 5.73 Å². The third-order valence-electron chi connectivity index (χ3n) is 5.50. The van der Waals surface area contributed by atoms with Crippen LogP contribution < -0.4 is 10.6 Å². The number of nitrogens with zero attached hydrogens (tertiary/aromatic N) is 3. The molecule has 31 heavy (non-hydrogen) atoms. The van der Waals surface area contributed by atoms with E-state index in [-0.39, 0.29) is 28.6 Å². The van der Waals surface area contributed by atoms with Gasteiger partial charge in [0.1, 0.15) is 11.6 Å². The first-order valence-corrected chi connectivity index (χ1v) is 10.3. The van der Waals surface area contributed by atoms with Crippen LogP contribution in [0, 0.1) is 27.3 Å². The molecule has 1 aliphatic carbocycles. The Hall–Kier alpha value is -3.51. The number of halogens is 2. The molecule has 0 spiro atoms. The smallest absolute Gasteiger partial charge is 0.269 e. The van der Waals surface area contributed by atoms with Gasteiger partial charge in [-0.15, -0.1) is 0 Å². The van der Waals surface area contributed by atoms with E-state index in [0.29, 0.717) is 40.6 Å². The number of hydrogen-bond donors (Lipinski definition) is 1. The number of anilines is 1. The minimum absolute atomic E-state index is 0.0422. The van der Waals surface area contributed by atoms with Gasteiger partial charge in [-0.2, -0.15) is 5.26 Å². The highest BCUT2D eigenvalue weighted by Crippen LogP contribution is 2.46. The van der Waals surface area contributed by atoms with Crippen molar-refractivity contribution < 1.29 is 14.1 Å². The molecule has 4 rings (SSSR count). The number of nitrogens with two attached hydrogens (primary N) is 1. The van der Waals surface area contributed by atoms with Gasteiger partial charge in [0.2, 0.25) is 0 Å². The number of allylic oxidation sites excluding steroid dienone is 3. The monoisotopic (exact) mass is 482 g/mol. The summed E-state index contributed by atoms with van der Waals surface area (Å²) in [7, 11) is 0. The number of ketones is 1. The van der Waals surface area contributed by atoms with Gasteiger partial charge in [-0.1, -0.05) is 28.1 Å². The number of hydrogen-bond acceptors (Lipinski definition) is 6. The Labute approximate surface area is 185 Å². The van der Waals surface area contributed by atoms with E-state index in [4.69, 9.17) is 5.73 Å². The molecular weight excluding hydrogens is 467 g/mol. The first-order chi connectivity index (χ1) is 14.8. The highest BCUT2D eigenvalue weighted by atomic mass is 79.9. The fourth-order valence-electron chi connectivity index (χ4n) is 4.15. The first kappa shape index (κ1) is 20.8. The van der Waals surface area contributed by atoms with Crippen molar-refractivity contribution in [3.63, 3.8) is 0 Å². The quantitative estimate of drug-likeness (QED) is 0.496. The molecule has 0 saturated carbocycles. The van der Waals surface area contributed by atoms with Gasteiger partial charge in [-0.25, -0.2) is 4.39 Å². The zero-order valence-electron chi connectivity index (χ0n) is 16.1. The maximum Gasteiger partial charge on any atom is 0.269 e. The lowest BCUT2D eigenvalue weighted by Crippen LogP contribution is -2.39. The molecule has 7 nitrogen and oxygen atoms in total. The third kappa shape index (κ3) is 3.49. The van der Waals surface area contributed by atoms with Crippen LogP contribution in [-0.4, -0.2) is 10.7 Å². The number of carbonyl (C=O) groups excluding carboxylic acids is 1. The Balaban J connectivity index is 1.94. The SMILES string of the molecule is N#CC1=C(N)N(c2ccc(Br)cc2F)C2=C(C(=O)CCC2)C1c1ccc([N+](=O)[O-])cc1. The standard InChI is InChI=1S/C22H16BrFN4O3/c23-13-6-9-17(16(24)10-13)27-18-2-1-3-19(29)21(18)20(15(11-25)22(27)26)12-4-7-14(8-5-12)28(30)31/h4-10,20H,1-3,26H2. The van der Waals surface area contributed by atoms with Gasteiger partial charge in [-0.05, 0) is 36.6 Å². The molecule has 9 heteroatoms. The number of benzene rings is 2. The third-order valence-corrected chi connectivity index (χ3v) is 5.99. The molecule has 1 aliphatic heterocycles. The summed E-state index contributed by atoms with van der Waals surface area (Å²) in [5.41, 5.74) is 8.02. The van der Waals surface area contributed by atoms with Crippen LogP contribution in [0.5, 0.6) is 0 Å². The van der Waals surface area contributed by atoms with E-state index in [9.17, 15) is 24.6 Å². The maximum atomic E-state index is 14.8. The van der Waals surface area contributed by atoms with Gasteiger partial charge in [0.05, 0.1) is 28.2 Å². The van der Waals surface area contributed by atoms with Gasteiger partial charge in [-0.3, -0.25) is 19.8 Å². The lowest BCUT2D eigenvalue weighted by atomic mass is 9.75. The minimum Gasteiger partial charge on any atom is -0.384 e. The molecule has 0 bridgehead atoms. The number of nitriles is 1. The molecule has 2 aliphatic rings. The van der Waals surface area contributed by atoms with E-state index in [2.05, 4.69) is 22.0 Å². The summed E-state index contributed by atoms with van der Waals surface area (Å²) in [5.74, 6) is -1.41. The number of carbonyl (C=O) groups is 1. The van der Waals surface area contributed by atoms with Crippen LogP contribution in [0.4, 0.5) is 15.8 Å². The molecule has 0 amide bonds. The fourth-order valence-corrected chi connectivity index (χ4v) is 4.48. The molecule has 0 radical (unpaired) electrons. The first-order valence-electron chi connectivity index (χ1n) is 9.49. The van der Waals surface area contributed by atoms with Crippen LogP contribution in [-0.2, 0) is 4.79 Å². The second kappa shape index (κ2) is 7.96. The Morgan fingerprint density at radius 3 is 2.55 bits per heavy atom. The van der Waals surface area contributed by atoms with Crippen molar-refractivity contribution in [3.05, 3.63) is 91.1 Å². The highest BCUT2D eigenvalue weighted by molar-refractivity contribution is 9.10. The Morgan fingerprint density at radius 2 is 1.94 bits per heavy atom. The molecule has 0 aromatic heterocycles. The zero-order chi connectivity index (χ0) is 22.3. The van der Waals surface area contributed by atoms with Crippen LogP contribution in [0.2, 0.25) is 0 Å². The topological polar surface area (TPSA) is 113 Å².